The van der Waals surface area contributed by atoms with Crippen LogP contribution in [-0.2, 0) is 10.0 Å². The topological polar surface area (TPSA) is 142 Å². The molecule has 1 aromatic heterocycles. The number of ether oxygens (including phenoxy) is 2. The maximum absolute atomic E-state index is 14.5. The first kappa shape index (κ1) is 25.4. The van der Waals surface area contributed by atoms with Crippen LogP contribution in [0.25, 0.3) is 0 Å². The molecule has 4 aromatic rings. The van der Waals surface area contributed by atoms with Gasteiger partial charge in [0.05, 0.1) is 35.0 Å². The van der Waals surface area contributed by atoms with Crippen molar-refractivity contribution in [1.29, 1.82) is 5.26 Å². The highest BCUT2D eigenvalue weighted by molar-refractivity contribution is 7.92. The molecular formula is C24H18FN5O5S2. The van der Waals surface area contributed by atoms with E-state index in [4.69, 9.17) is 14.7 Å². The van der Waals surface area contributed by atoms with Crippen LogP contribution in [-0.4, -0.2) is 26.5 Å². The Morgan fingerprint density at radius 1 is 1.08 bits per heavy atom. The number of rotatable bonds is 8. The van der Waals surface area contributed by atoms with E-state index in [1.807, 2.05) is 6.07 Å². The Morgan fingerprint density at radius 2 is 1.86 bits per heavy atom. The number of anilines is 3. The molecule has 13 heteroatoms. The Labute approximate surface area is 215 Å². The average molecular weight is 540 g/mol. The largest absolute Gasteiger partial charge is 0.493 e. The van der Waals surface area contributed by atoms with Gasteiger partial charge in [0.1, 0.15) is 0 Å². The molecule has 0 atom stereocenters. The lowest BCUT2D eigenvalue weighted by molar-refractivity contribution is 0.262. The quantitative estimate of drug-likeness (QED) is 0.272. The molecule has 0 saturated heterocycles. The van der Waals surface area contributed by atoms with Crippen LogP contribution in [0, 0.1) is 17.1 Å². The second-order valence-electron chi connectivity index (χ2n) is 7.24. The minimum absolute atomic E-state index is 0.0130. The average Bonchev–Trinajstić information content (AvgIpc) is 3.39. The first-order valence-electron chi connectivity index (χ1n) is 10.4. The van der Waals surface area contributed by atoms with Gasteiger partial charge < -0.3 is 14.8 Å². The smallest absolute Gasteiger partial charge is 0.325 e. The summed E-state index contributed by atoms with van der Waals surface area (Å²) < 4.78 is 53.5. The lowest BCUT2D eigenvalue weighted by atomic mass is 10.2. The van der Waals surface area contributed by atoms with Crippen molar-refractivity contribution in [2.75, 3.05) is 22.5 Å². The number of amides is 2. The van der Waals surface area contributed by atoms with Gasteiger partial charge in [0.2, 0.25) is 5.75 Å². The third kappa shape index (κ3) is 6.13. The fraction of sp³-hybridized carbons (Fsp3) is 0.0417. The molecular weight excluding hydrogens is 521 g/mol. The molecule has 0 aliphatic rings. The summed E-state index contributed by atoms with van der Waals surface area (Å²) in [6.07, 6.45) is 1.51. The highest BCUT2D eigenvalue weighted by Gasteiger charge is 2.19. The Kier molecular flexibility index (Phi) is 7.52. The zero-order chi connectivity index (χ0) is 26.4. The predicted molar refractivity (Wildman–Crippen MR) is 136 cm³/mol. The van der Waals surface area contributed by atoms with Crippen LogP contribution >= 0.6 is 11.3 Å². The van der Waals surface area contributed by atoms with E-state index in [2.05, 4.69) is 20.3 Å². The molecule has 0 fully saturated rings. The molecule has 10 nitrogen and oxygen atoms in total. The molecule has 1 heterocycles. The molecule has 2 amide bonds. The molecule has 188 valence electrons. The van der Waals surface area contributed by atoms with Gasteiger partial charge in [-0.1, -0.05) is 6.07 Å². The van der Waals surface area contributed by atoms with E-state index >= 15 is 0 Å². The van der Waals surface area contributed by atoms with Crippen LogP contribution in [0.5, 0.6) is 17.2 Å². The van der Waals surface area contributed by atoms with Crippen molar-refractivity contribution in [3.8, 4) is 23.3 Å². The number of thiazole rings is 1. The van der Waals surface area contributed by atoms with Crippen LogP contribution in [0.4, 0.5) is 25.7 Å². The zero-order valence-corrected chi connectivity index (χ0v) is 20.7. The summed E-state index contributed by atoms with van der Waals surface area (Å²) in [4.78, 5) is 16.5. The second-order valence-corrected chi connectivity index (χ2v) is 9.82. The summed E-state index contributed by atoms with van der Waals surface area (Å²) in [5.41, 5.74) is 0.419. The summed E-state index contributed by atoms with van der Waals surface area (Å²) in [7, 11) is -2.68. The van der Waals surface area contributed by atoms with E-state index in [9.17, 15) is 17.6 Å². The van der Waals surface area contributed by atoms with Crippen LogP contribution < -0.4 is 24.8 Å². The van der Waals surface area contributed by atoms with Crippen LogP contribution in [0.1, 0.15) is 5.56 Å². The number of sulfonamides is 1. The first-order valence-corrected chi connectivity index (χ1v) is 12.8. The lowest BCUT2D eigenvalue weighted by Gasteiger charge is -2.16. The van der Waals surface area contributed by atoms with E-state index in [0.717, 1.165) is 0 Å². The first-order chi connectivity index (χ1) is 17.8. The van der Waals surface area contributed by atoms with Gasteiger partial charge in [-0.2, -0.15) is 5.26 Å². The van der Waals surface area contributed by atoms with Gasteiger partial charge in [0, 0.05) is 11.6 Å². The van der Waals surface area contributed by atoms with E-state index in [1.54, 1.807) is 5.38 Å². The normalized spacial score (nSPS) is 10.7. The summed E-state index contributed by atoms with van der Waals surface area (Å²) in [5, 5.41) is 16.0. The Bertz CT molecular complexity index is 1570. The number of benzene rings is 3. The molecule has 0 aliphatic carbocycles. The number of para-hydroxylation sites is 1. The minimum atomic E-state index is -4.03. The Morgan fingerprint density at radius 3 is 2.54 bits per heavy atom. The van der Waals surface area contributed by atoms with Gasteiger partial charge in [-0.15, -0.1) is 11.3 Å². The number of hydrogen-bond acceptors (Lipinski definition) is 8. The van der Waals surface area contributed by atoms with Crippen molar-refractivity contribution in [2.45, 2.75) is 4.90 Å². The number of nitriles is 1. The van der Waals surface area contributed by atoms with Gasteiger partial charge in [-0.05, 0) is 54.6 Å². The number of aromatic nitrogens is 1. The second kappa shape index (κ2) is 10.9. The molecule has 3 N–H and O–H groups in total. The number of halogens is 1. The van der Waals surface area contributed by atoms with Crippen LogP contribution in [0.2, 0.25) is 0 Å². The number of hydrogen-bond donors (Lipinski definition) is 3. The minimum Gasteiger partial charge on any atom is -0.493 e. The third-order valence-electron chi connectivity index (χ3n) is 4.79. The third-order valence-corrected chi connectivity index (χ3v) is 6.88. The van der Waals surface area contributed by atoms with Crippen molar-refractivity contribution in [3.05, 3.63) is 83.6 Å². The van der Waals surface area contributed by atoms with Crippen molar-refractivity contribution < 1.29 is 27.1 Å². The number of carbonyl (C=O) groups is 1. The maximum Gasteiger partial charge on any atom is 0.325 e. The fourth-order valence-corrected chi connectivity index (χ4v) is 4.67. The molecule has 0 unspecified atom stereocenters. The maximum atomic E-state index is 14.5. The Balaban J connectivity index is 1.66. The monoisotopic (exact) mass is 539 g/mol. The van der Waals surface area contributed by atoms with Crippen molar-refractivity contribution in [2.24, 2.45) is 0 Å². The molecule has 0 saturated carbocycles. The van der Waals surface area contributed by atoms with Crippen molar-refractivity contribution in [3.63, 3.8) is 0 Å². The number of methoxy groups -OCH3 is 1. The van der Waals surface area contributed by atoms with E-state index in [0.29, 0.717) is 10.7 Å². The Hall–Kier alpha value is -4.67. The SMILES string of the molecule is COc1cccc(F)c1Oc1ccc(NS(=O)(=O)c2ccc(C#N)cc2)cc1NC(=O)Nc1nccs1. The predicted octanol–water partition coefficient (Wildman–Crippen LogP) is 5.40. The lowest BCUT2D eigenvalue weighted by Crippen LogP contribution is -2.20. The van der Waals surface area contributed by atoms with Gasteiger partial charge in [0.25, 0.3) is 10.0 Å². The number of urea groups is 1. The molecule has 0 spiro atoms. The van der Waals surface area contributed by atoms with Crippen molar-refractivity contribution >= 4 is 43.9 Å². The molecule has 4 rings (SSSR count). The highest BCUT2D eigenvalue weighted by atomic mass is 32.2. The number of nitrogens with zero attached hydrogens (tertiary/aromatic N) is 2. The molecule has 3 aromatic carbocycles. The molecule has 37 heavy (non-hydrogen) atoms. The van der Waals surface area contributed by atoms with Crippen molar-refractivity contribution in [1.82, 2.24) is 4.98 Å². The van der Waals surface area contributed by atoms with Gasteiger partial charge in [0.15, 0.2) is 22.4 Å². The summed E-state index contributed by atoms with van der Waals surface area (Å²) in [6.45, 7) is 0. The summed E-state index contributed by atoms with van der Waals surface area (Å²) in [5.74, 6) is -0.801. The summed E-state index contributed by atoms with van der Waals surface area (Å²) in [6, 6.07) is 14.8. The highest BCUT2D eigenvalue weighted by Crippen LogP contribution is 2.38. The number of nitrogens with one attached hydrogen (secondary N) is 3. The molecule has 0 radical (unpaired) electrons. The zero-order valence-electron chi connectivity index (χ0n) is 19.1. The van der Waals surface area contributed by atoms with E-state index in [1.165, 1.54) is 85.3 Å². The van der Waals surface area contributed by atoms with Gasteiger partial charge in [-0.3, -0.25) is 10.0 Å². The van der Waals surface area contributed by atoms with Gasteiger partial charge in [-0.25, -0.2) is 22.6 Å². The number of carbonyl (C=O) groups excluding carboxylic acids is 1. The van der Waals surface area contributed by atoms with Gasteiger partial charge >= 0.3 is 6.03 Å². The summed E-state index contributed by atoms with van der Waals surface area (Å²) >= 11 is 1.19. The van der Waals surface area contributed by atoms with E-state index < -0.39 is 21.9 Å². The molecule has 0 bridgehead atoms. The van der Waals surface area contributed by atoms with Crippen LogP contribution in [0.15, 0.2) is 77.1 Å². The van der Waals surface area contributed by atoms with E-state index in [-0.39, 0.29) is 33.5 Å². The fourth-order valence-electron chi connectivity index (χ4n) is 3.10. The molecule has 0 aliphatic heterocycles. The standard InChI is InChI=1S/C24H18FN5O5S2/c1-34-21-4-2-3-18(25)22(21)35-20-10-7-16(13-19(20)28-23(31)29-24-27-11-12-36-24)30-37(32,33)17-8-5-15(14-26)6-9-17/h2-13,30H,1H3,(H2,27,28,29,31). The van der Waals surface area contributed by atoms with Crippen LogP contribution in [0.3, 0.4) is 0 Å².